The number of fused-ring (bicyclic) bond motifs is 1. The normalized spacial score (nSPS) is 11.4. The average Bonchev–Trinajstić information content (AvgIpc) is 2.97. The highest BCUT2D eigenvalue weighted by Gasteiger charge is 2.09. The summed E-state index contributed by atoms with van der Waals surface area (Å²) < 4.78 is 1.86. The zero-order valence-electron chi connectivity index (χ0n) is 12.7. The SMILES string of the molecule is CNCc1cc(-n2ccc(C(C)C)n2)nc2ccccc12. The first-order valence-corrected chi connectivity index (χ1v) is 7.28. The molecule has 0 aliphatic heterocycles. The molecular formula is C17H20N4. The molecule has 0 atom stereocenters. The molecule has 0 saturated heterocycles. The lowest BCUT2D eigenvalue weighted by molar-refractivity contribution is 0.756. The minimum atomic E-state index is 0.420. The van der Waals surface area contributed by atoms with Crippen molar-refractivity contribution in [3.63, 3.8) is 0 Å². The Morgan fingerprint density at radius 3 is 2.71 bits per heavy atom. The molecule has 108 valence electrons. The third kappa shape index (κ3) is 2.67. The number of nitrogens with zero attached hydrogens (tertiary/aromatic N) is 3. The molecule has 0 spiro atoms. The van der Waals surface area contributed by atoms with Crippen LogP contribution in [0.3, 0.4) is 0 Å². The second-order valence-electron chi connectivity index (χ2n) is 5.53. The van der Waals surface area contributed by atoms with Crippen LogP contribution in [0.2, 0.25) is 0 Å². The van der Waals surface area contributed by atoms with Crippen LogP contribution in [0.25, 0.3) is 16.7 Å². The molecule has 0 fully saturated rings. The molecule has 0 saturated carbocycles. The van der Waals surface area contributed by atoms with Crippen LogP contribution in [0.15, 0.2) is 42.6 Å². The summed E-state index contributed by atoms with van der Waals surface area (Å²) >= 11 is 0. The van der Waals surface area contributed by atoms with Crippen LogP contribution in [0, 0.1) is 0 Å². The van der Waals surface area contributed by atoms with Gasteiger partial charge in [-0.3, -0.25) is 0 Å². The molecule has 2 heterocycles. The Balaban J connectivity index is 2.13. The van der Waals surface area contributed by atoms with E-state index in [-0.39, 0.29) is 0 Å². The maximum Gasteiger partial charge on any atom is 0.154 e. The van der Waals surface area contributed by atoms with Crippen LogP contribution in [0.4, 0.5) is 0 Å². The number of hydrogen-bond donors (Lipinski definition) is 1. The van der Waals surface area contributed by atoms with Crippen molar-refractivity contribution in [3.05, 3.63) is 53.9 Å². The van der Waals surface area contributed by atoms with Crippen LogP contribution >= 0.6 is 0 Å². The molecular weight excluding hydrogens is 260 g/mol. The molecule has 4 nitrogen and oxygen atoms in total. The summed E-state index contributed by atoms with van der Waals surface area (Å²) in [6.45, 7) is 5.11. The fraction of sp³-hybridized carbons (Fsp3) is 0.294. The monoisotopic (exact) mass is 280 g/mol. The number of rotatable bonds is 4. The molecule has 0 aliphatic rings. The predicted octanol–water partition coefficient (Wildman–Crippen LogP) is 3.26. The Kier molecular flexibility index (Phi) is 3.71. The summed E-state index contributed by atoms with van der Waals surface area (Å²) in [4.78, 5) is 4.73. The summed E-state index contributed by atoms with van der Waals surface area (Å²) in [5.74, 6) is 1.29. The van der Waals surface area contributed by atoms with Gasteiger partial charge in [0.1, 0.15) is 0 Å². The minimum absolute atomic E-state index is 0.420. The molecule has 0 bridgehead atoms. The molecule has 0 unspecified atom stereocenters. The van der Waals surface area contributed by atoms with Gasteiger partial charge in [-0.2, -0.15) is 5.10 Å². The largest absolute Gasteiger partial charge is 0.316 e. The number of nitrogens with one attached hydrogen (secondary N) is 1. The Bertz CT molecular complexity index is 758. The molecule has 3 aromatic rings. The van der Waals surface area contributed by atoms with Crippen LogP contribution in [-0.2, 0) is 6.54 Å². The van der Waals surface area contributed by atoms with Crippen molar-refractivity contribution in [2.45, 2.75) is 26.3 Å². The zero-order valence-corrected chi connectivity index (χ0v) is 12.7. The van der Waals surface area contributed by atoms with Crippen molar-refractivity contribution in [3.8, 4) is 5.82 Å². The van der Waals surface area contributed by atoms with Gasteiger partial charge in [0.05, 0.1) is 11.2 Å². The average molecular weight is 280 g/mol. The maximum atomic E-state index is 4.73. The lowest BCUT2D eigenvalue weighted by Crippen LogP contribution is -2.08. The van der Waals surface area contributed by atoms with Crippen molar-refractivity contribution in [2.24, 2.45) is 0 Å². The number of aromatic nitrogens is 3. The summed E-state index contributed by atoms with van der Waals surface area (Å²) in [5.41, 5.74) is 3.32. The van der Waals surface area contributed by atoms with E-state index in [0.29, 0.717) is 5.92 Å². The van der Waals surface area contributed by atoms with E-state index < -0.39 is 0 Å². The molecule has 0 amide bonds. The standard InChI is InChI=1S/C17H20N4/c1-12(2)15-8-9-21(20-15)17-10-13(11-18-3)14-6-4-5-7-16(14)19-17/h4-10,12,18H,11H2,1-3H3. The quantitative estimate of drug-likeness (QED) is 0.797. The topological polar surface area (TPSA) is 42.7 Å². The highest BCUT2D eigenvalue weighted by atomic mass is 15.3. The fourth-order valence-electron chi connectivity index (χ4n) is 2.46. The van der Waals surface area contributed by atoms with Gasteiger partial charge >= 0.3 is 0 Å². The van der Waals surface area contributed by atoms with E-state index >= 15 is 0 Å². The van der Waals surface area contributed by atoms with Crippen molar-refractivity contribution in [1.82, 2.24) is 20.1 Å². The smallest absolute Gasteiger partial charge is 0.154 e. The summed E-state index contributed by atoms with van der Waals surface area (Å²) in [7, 11) is 1.96. The van der Waals surface area contributed by atoms with Crippen LogP contribution in [0.5, 0.6) is 0 Å². The fourth-order valence-corrected chi connectivity index (χ4v) is 2.46. The Morgan fingerprint density at radius 1 is 1.19 bits per heavy atom. The summed E-state index contributed by atoms with van der Waals surface area (Å²) in [5, 5.41) is 9.03. The molecule has 0 aliphatic carbocycles. The van der Waals surface area contributed by atoms with Crippen LogP contribution < -0.4 is 5.32 Å². The first-order valence-electron chi connectivity index (χ1n) is 7.28. The molecule has 0 radical (unpaired) electrons. The third-order valence-corrected chi connectivity index (χ3v) is 3.59. The number of pyridine rings is 1. The van der Waals surface area contributed by atoms with Crippen molar-refractivity contribution < 1.29 is 0 Å². The van der Waals surface area contributed by atoms with Gasteiger partial charge in [-0.25, -0.2) is 9.67 Å². The van der Waals surface area contributed by atoms with Gasteiger partial charge in [0.2, 0.25) is 0 Å². The Morgan fingerprint density at radius 2 is 2.00 bits per heavy atom. The van der Waals surface area contributed by atoms with Crippen LogP contribution in [-0.4, -0.2) is 21.8 Å². The maximum absolute atomic E-state index is 4.73. The van der Waals surface area contributed by atoms with Crippen molar-refractivity contribution in [1.29, 1.82) is 0 Å². The highest BCUT2D eigenvalue weighted by Crippen LogP contribution is 2.21. The molecule has 1 aromatic carbocycles. The van der Waals surface area contributed by atoms with Gasteiger partial charge in [-0.05, 0) is 36.7 Å². The first kappa shape index (κ1) is 13.8. The molecule has 1 N–H and O–H groups in total. The lowest BCUT2D eigenvalue weighted by Gasteiger charge is -2.09. The van der Waals surface area contributed by atoms with E-state index in [1.165, 1.54) is 10.9 Å². The van der Waals surface area contributed by atoms with Gasteiger partial charge in [-0.15, -0.1) is 0 Å². The van der Waals surface area contributed by atoms with Crippen LogP contribution in [0.1, 0.15) is 31.0 Å². The van der Waals surface area contributed by atoms with E-state index in [1.807, 2.05) is 36.1 Å². The zero-order chi connectivity index (χ0) is 14.8. The van der Waals surface area contributed by atoms with Crippen molar-refractivity contribution >= 4 is 10.9 Å². The van der Waals surface area contributed by atoms with Gasteiger partial charge < -0.3 is 5.32 Å². The van der Waals surface area contributed by atoms with E-state index in [0.717, 1.165) is 23.6 Å². The molecule has 2 aromatic heterocycles. The lowest BCUT2D eigenvalue weighted by atomic mass is 10.1. The van der Waals surface area contributed by atoms with Gasteiger partial charge in [0.15, 0.2) is 5.82 Å². The number of benzene rings is 1. The second kappa shape index (κ2) is 5.66. The predicted molar refractivity (Wildman–Crippen MR) is 85.7 cm³/mol. The Labute approximate surface area is 124 Å². The van der Waals surface area contributed by atoms with Gasteiger partial charge in [0.25, 0.3) is 0 Å². The molecule has 3 rings (SSSR count). The second-order valence-corrected chi connectivity index (χ2v) is 5.53. The van der Waals surface area contributed by atoms with E-state index in [4.69, 9.17) is 4.98 Å². The van der Waals surface area contributed by atoms with Crippen molar-refractivity contribution in [2.75, 3.05) is 7.05 Å². The van der Waals surface area contributed by atoms with E-state index in [1.54, 1.807) is 0 Å². The van der Waals surface area contributed by atoms with E-state index in [2.05, 4.69) is 42.5 Å². The minimum Gasteiger partial charge on any atom is -0.316 e. The first-order chi connectivity index (χ1) is 10.2. The van der Waals surface area contributed by atoms with E-state index in [9.17, 15) is 0 Å². The van der Waals surface area contributed by atoms with Gasteiger partial charge in [-0.1, -0.05) is 32.0 Å². The summed E-state index contributed by atoms with van der Waals surface area (Å²) in [6, 6.07) is 12.4. The molecule has 21 heavy (non-hydrogen) atoms. The highest BCUT2D eigenvalue weighted by molar-refractivity contribution is 5.83. The molecule has 4 heteroatoms. The third-order valence-electron chi connectivity index (χ3n) is 3.59. The van der Waals surface area contributed by atoms with Gasteiger partial charge in [0, 0.05) is 18.1 Å². The summed E-state index contributed by atoms with van der Waals surface area (Å²) in [6.07, 6.45) is 1.98. The number of hydrogen-bond acceptors (Lipinski definition) is 3. The Hall–Kier alpha value is -2.20. The number of para-hydroxylation sites is 1.